The first-order valence-electron chi connectivity index (χ1n) is 6.44. The van der Waals surface area contributed by atoms with Crippen molar-refractivity contribution in [3.8, 4) is 11.3 Å². The van der Waals surface area contributed by atoms with Crippen molar-refractivity contribution in [2.45, 2.75) is 13.3 Å². The molecule has 1 aromatic carbocycles. The fraction of sp³-hybridized carbons (Fsp3) is 0.214. The van der Waals surface area contributed by atoms with Gasteiger partial charge in [0.25, 0.3) is 5.95 Å². The van der Waals surface area contributed by atoms with Gasteiger partial charge in [-0.3, -0.25) is 14.5 Å². The summed E-state index contributed by atoms with van der Waals surface area (Å²) in [7, 11) is 1.55. The van der Waals surface area contributed by atoms with Crippen LogP contribution in [0.2, 0.25) is 0 Å². The number of carbonyl (C=O) groups is 1. The first kappa shape index (κ1) is 13.2. The van der Waals surface area contributed by atoms with Crippen molar-refractivity contribution >= 4 is 17.6 Å². The van der Waals surface area contributed by atoms with E-state index in [0.717, 1.165) is 4.68 Å². The Morgan fingerprint density at radius 2 is 1.81 bits per heavy atom. The second-order valence-electron chi connectivity index (χ2n) is 4.80. The summed E-state index contributed by atoms with van der Waals surface area (Å²) in [6, 6.07) is 9.04. The predicted molar refractivity (Wildman–Crippen MR) is 78.3 cm³/mol. The molecule has 0 saturated carbocycles. The van der Waals surface area contributed by atoms with Crippen LogP contribution in [0.1, 0.15) is 13.3 Å². The summed E-state index contributed by atoms with van der Waals surface area (Å²) in [5.74, 6) is -0.0507. The molecule has 0 unspecified atom stereocenters. The van der Waals surface area contributed by atoms with Gasteiger partial charge in [-0.05, 0) is 6.92 Å². The van der Waals surface area contributed by atoms with Gasteiger partial charge in [0.2, 0.25) is 5.91 Å². The summed E-state index contributed by atoms with van der Waals surface area (Å²) in [6.45, 7) is 1.70. The van der Waals surface area contributed by atoms with E-state index in [2.05, 4.69) is 15.3 Å². The Morgan fingerprint density at radius 1 is 1.10 bits per heavy atom. The molecular formula is C14H13N5O2. The molecule has 106 valence electrons. The molecule has 0 N–H and O–H groups in total. The molecule has 0 radical (unpaired) electrons. The maximum atomic E-state index is 12.6. The Kier molecular flexibility index (Phi) is 3.09. The van der Waals surface area contributed by atoms with Crippen LogP contribution in [0.4, 0.5) is 5.95 Å². The van der Waals surface area contributed by atoms with E-state index >= 15 is 0 Å². The summed E-state index contributed by atoms with van der Waals surface area (Å²) in [6.07, 6.45) is 0.153. The molecule has 0 saturated heterocycles. The Hall–Kier alpha value is -2.83. The Labute approximate surface area is 120 Å². The van der Waals surface area contributed by atoms with Gasteiger partial charge in [0.05, 0.1) is 6.42 Å². The smallest absolute Gasteiger partial charge is 0.282 e. The molecule has 1 aliphatic rings. The van der Waals surface area contributed by atoms with Crippen molar-refractivity contribution in [2.75, 3.05) is 11.9 Å². The highest BCUT2D eigenvalue weighted by Crippen LogP contribution is 2.16. The summed E-state index contributed by atoms with van der Waals surface area (Å²) in [5, 5.41) is 12.1. The van der Waals surface area contributed by atoms with Crippen LogP contribution in [0.15, 0.2) is 40.2 Å². The SMILES string of the molecule is CC1=Nn2c(nnc(-c3ccccc3)c2=O)N(C)C(=O)C1. The Bertz CT molecular complexity index is 795. The number of aromatic nitrogens is 3. The van der Waals surface area contributed by atoms with Crippen LogP contribution in [0.25, 0.3) is 11.3 Å². The number of hydrogen-bond acceptors (Lipinski definition) is 5. The van der Waals surface area contributed by atoms with Crippen LogP contribution in [0, 0.1) is 0 Å². The van der Waals surface area contributed by atoms with Crippen molar-refractivity contribution in [3.05, 3.63) is 40.7 Å². The second kappa shape index (κ2) is 4.93. The Morgan fingerprint density at radius 3 is 2.52 bits per heavy atom. The standard InChI is InChI=1S/C14H13N5O2/c1-9-8-11(20)18(2)14-16-15-12(13(21)19(14)17-9)10-6-4-3-5-7-10/h3-7H,8H2,1-2H3. The van der Waals surface area contributed by atoms with Gasteiger partial charge in [0.1, 0.15) is 0 Å². The van der Waals surface area contributed by atoms with E-state index in [1.807, 2.05) is 18.2 Å². The van der Waals surface area contributed by atoms with E-state index in [-0.39, 0.29) is 24.0 Å². The van der Waals surface area contributed by atoms with E-state index in [1.54, 1.807) is 26.1 Å². The van der Waals surface area contributed by atoms with Gasteiger partial charge in [-0.1, -0.05) is 30.3 Å². The average molecular weight is 283 g/mol. The molecule has 1 amide bonds. The lowest BCUT2D eigenvalue weighted by Crippen LogP contribution is -2.32. The molecule has 0 fully saturated rings. The molecule has 1 aliphatic heterocycles. The summed E-state index contributed by atoms with van der Waals surface area (Å²) in [4.78, 5) is 25.8. The first-order valence-corrected chi connectivity index (χ1v) is 6.44. The number of rotatable bonds is 1. The molecule has 0 spiro atoms. The fourth-order valence-electron chi connectivity index (χ4n) is 2.10. The van der Waals surface area contributed by atoms with Crippen molar-refractivity contribution in [1.29, 1.82) is 0 Å². The Balaban J connectivity index is 2.25. The number of anilines is 1. The molecular weight excluding hydrogens is 270 g/mol. The van der Waals surface area contributed by atoms with Crippen LogP contribution in [-0.4, -0.2) is 33.5 Å². The molecule has 3 rings (SSSR count). The third-order valence-electron chi connectivity index (χ3n) is 3.22. The van der Waals surface area contributed by atoms with Gasteiger partial charge in [-0.2, -0.15) is 9.78 Å². The number of benzene rings is 1. The third kappa shape index (κ3) is 2.22. The molecule has 0 aliphatic carbocycles. The minimum atomic E-state index is -0.396. The number of amides is 1. The largest absolute Gasteiger partial charge is 0.302 e. The highest BCUT2D eigenvalue weighted by atomic mass is 16.2. The van der Waals surface area contributed by atoms with Crippen molar-refractivity contribution in [1.82, 2.24) is 14.9 Å². The summed E-state index contributed by atoms with van der Waals surface area (Å²) >= 11 is 0. The minimum Gasteiger partial charge on any atom is -0.282 e. The second-order valence-corrected chi connectivity index (χ2v) is 4.80. The van der Waals surface area contributed by atoms with E-state index < -0.39 is 5.56 Å². The first-order chi connectivity index (χ1) is 10.1. The lowest BCUT2D eigenvalue weighted by molar-refractivity contribution is -0.117. The van der Waals surface area contributed by atoms with Gasteiger partial charge in [-0.25, -0.2) is 0 Å². The zero-order valence-corrected chi connectivity index (χ0v) is 11.6. The molecule has 2 aromatic rings. The average Bonchev–Trinajstić information content (AvgIpc) is 2.59. The van der Waals surface area contributed by atoms with Crippen molar-refractivity contribution in [2.24, 2.45) is 5.10 Å². The lowest BCUT2D eigenvalue weighted by Gasteiger charge is -2.14. The fourth-order valence-corrected chi connectivity index (χ4v) is 2.10. The monoisotopic (exact) mass is 283 g/mol. The molecule has 2 heterocycles. The van der Waals surface area contributed by atoms with E-state index in [0.29, 0.717) is 11.3 Å². The van der Waals surface area contributed by atoms with Crippen molar-refractivity contribution in [3.63, 3.8) is 0 Å². The maximum Gasteiger partial charge on any atom is 0.302 e. The molecule has 1 aromatic heterocycles. The topological polar surface area (TPSA) is 80.5 Å². The summed E-state index contributed by atoms with van der Waals surface area (Å²) in [5.41, 5.74) is 1.03. The third-order valence-corrected chi connectivity index (χ3v) is 3.22. The van der Waals surface area contributed by atoms with Crippen molar-refractivity contribution < 1.29 is 4.79 Å². The van der Waals surface area contributed by atoms with Crippen LogP contribution >= 0.6 is 0 Å². The number of carbonyl (C=O) groups excluding carboxylic acids is 1. The normalized spacial score (nSPS) is 14.5. The van der Waals surface area contributed by atoms with E-state index in [4.69, 9.17) is 0 Å². The number of hydrogen-bond donors (Lipinski definition) is 0. The minimum absolute atomic E-state index is 0.126. The van der Waals surface area contributed by atoms with Crippen LogP contribution in [0.3, 0.4) is 0 Å². The number of nitrogens with zero attached hydrogens (tertiary/aromatic N) is 5. The predicted octanol–water partition coefficient (Wildman–Crippen LogP) is 0.896. The molecule has 0 bridgehead atoms. The molecule has 0 atom stereocenters. The van der Waals surface area contributed by atoms with Crippen LogP contribution in [0.5, 0.6) is 0 Å². The molecule has 21 heavy (non-hydrogen) atoms. The quantitative estimate of drug-likeness (QED) is 0.778. The maximum absolute atomic E-state index is 12.6. The zero-order chi connectivity index (χ0) is 15.0. The molecule has 7 heteroatoms. The molecule has 7 nitrogen and oxygen atoms in total. The number of fused-ring (bicyclic) bond motifs is 1. The van der Waals surface area contributed by atoms with E-state index in [1.165, 1.54) is 4.90 Å². The van der Waals surface area contributed by atoms with Gasteiger partial charge < -0.3 is 0 Å². The van der Waals surface area contributed by atoms with Gasteiger partial charge >= 0.3 is 5.56 Å². The highest BCUT2D eigenvalue weighted by molar-refractivity contribution is 6.06. The summed E-state index contributed by atoms with van der Waals surface area (Å²) < 4.78 is 1.13. The zero-order valence-electron chi connectivity index (χ0n) is 11.6. The van der Waals surface area contributed by atoms with E-state index in [9.17, 15) is 9.59 Å². The van der Waals surface area contributed by atoms with Crippen LogP contribution < -0.4 is 10.5 Å². The van der Waals surface area contributed by atoms with Crippen LogP contribution in [-0.2, 0) is 4.79 Å². The van der Waals surface area contributed by atoms with Gasteiger partial charge in [-0.15, -0.1) is 10.2 Å². The lowest BCUT2D eigenvalue weighted by atomic mass is 10.2. The highest BCUT2D eigenvalue weighted by Gasteiger charge is 2.24. The van der Waals surface area contributed by atoms with Gasteiger partial charge in [0, 0.05) is 18.3 Å². The van der Waals surface area contributed by atoms with Gasteiger partial charge in [0.15, 0.2) is 5.69 Å².